The molecule has 2 unspecified atom stereocenters. The molecule has 1 aromatic carbocycles. The third-order valence-electron chi connectivity index (χ3n) is 4.43. The minimum Gasteiger partial charge on any atom is -0.0776 e. The summed E-state index contributed by atoms with van der Waals surface area (Å²) in [6.07, 6.45) is 5.30. The summed E-state index contributed by atoms with van der Waals surface area (Å²) in [5, 5.41) is 0. The molecule has 0 radical (unpaired) electrons. The van der Waals surface area contributed by atoms with Crippen molar-refractivity contribution in [1.29, 1.82) is 0 Å². The molecule has 18 heavy (non-hydrogen) atoms. The minimum absolute atomic E-state index is 0. The van der Waals surface area contributed by atoms with Crippen molar-refractivity contribution in [3.05, 3.63) is 35.4 Å². The Bertz CT molecular complexity index is 340. The van der Waals surface area contributed by atoms with Gasteiger partial charge in [0.05, 0.1) is 0 Å². The van der Waals surface area contributed by atoms with Crippen LogP contribution in [0, 0.1) is 5.41 Å². The fourth-order valence-electron chi connectivity index (χ4n) is 3.39. The van der Waals surface area contributed by atoms with Crippen molar-refractivity contribution < 1.29 is 0 Å². The second kappa shape index (κ2) is 7.61. The van der Waals surface area contributed by atoms with Crippen LogP contribution in [0.25, 0.3) is 0 Å². The molecule has 1 aliphatic rings. The van der Waals surface area contributed by atoms with E-state index in [0.717, 1.165) is 5.92 Å². The van der Waals surface area contributed by atoms with E-state index >= 15 is 0 Å². The highest BCUT2D eigenvalue weighted by atomic mass is 14.4. The Hall–Kier alpha value is -0.780. The van der Waals surface area contributed by atoms with E-state index in [-0.39, 0.29) is 7.43 Å². The summed E-state index contributed by atoms with van der Waals surface area (Å²) in [4.78, 5) is 0. The Morgan fingerprint density at radius 1 is 1.17 bits per heavy atom. The maximum atomic E-state index is 2.42. The molecule has 2 rings (SSSR count). The van der Waals surface area contributed by atoms with Gasteiger partial charge in [0, 0.05) is 0 Å². The number of benzene rings is 1. The van der Waals surface area contributed by atoms with E-state index in [2.05, 4.69) is 45.0 Å². The topological polar surface area (TPSA) is 0 Å². The third kappa shape index (κ3) is 2.96. The van der Waals surface area contributed by atoms with E-state index in [1.165, 1.54) is 25.7 Å². The smallest absolute Gasteiger partial charge is 0.0128 e. The molecule has 104 valence electrons. The normalized spacial score (nSPS) is 24.6. The molecular weight excluding hydrogens is 216 g/mol. The molecular formula is C18H32. The second-order valence-corrected chi connectivity index (χ2v) is 5.06. The SMILES string of the molecule is C.CC.CCCC1(CC)Cc2ccccc2C1C. The van der Waals surface area contributed by atoms with Gasteiger partial charge in [0.15, 0.2) is 0 Å². The molecule has 0 saturated heterocycles. The summed E-state index contributed by atoms with van der Waals surface area (Å²) in [6, 6.07) is 9.02. The first kappa shape index (κ1) is 17.2. The van der Waals surface area contributed by atoms with Crippen LogP contribution < -0.4 is 0 Å². The Balaban J connectivity index is 0.000000917. The van der Waals surface area contributed by atoms with Gasteiger partial charge in [-0.1, -0.05) is 72.7 Å². The molecule has 1 aromatic rings. The molecule has 0 fully saturated rings. The molecule has 0 heteroatoms. The first-order chi connectivity index (χ1) is 8.23. The number of fused-ring (bicyclic) bond motifs is 1. The summed E-state index contributed by atoms with van der Waals surface area (Å²) in [7, 11) is 0. The molecule has 0 spiro atoms. The molecule has 0 nitrogen and oxygen atoms in total. The van der Waals surface area contributed by atoms with Crippen LogP contribution in [0.3, 0.4) is 0 Å². The van der Waals surface area contributed by atoms with Gasteiger partial charge in [0.1, 0.15) is 0 Å². The van der Waals surface area contributed by atoms with E-state index in [9.17, 15) is 0 Å². The van der Waals surface area contributed by atoms with E-state index in [0.29, 0.717) is 5.41 Å². The van der Waals surface area contributed by atoms with E-state index < -0.39 is 0 Å². The Kier molecular flexibility index (Phi) is 7.28. The van der Waals surface area contributed by atoms with Crippen LogP contribution in [0.2, 0.25) is 0 Å². The molecule has 0 amide bonds. The van der Waals surface area contributed by atoms with Crippen molar-refractivity contribution in [3.63, 3.8) is 0 Å². The Morgan fingerprint density at radius 2 is 1.78 bits per heavy atom. The molecule has 0 heterocycles. The van der Waals surface area contributed by atoms with Crippen LogP contribution in [-0.2, 0) is 6.42 Å². The average Bonchev–Trinajstić information content (AvgIpc) is 2.67. The van der Waals surface area contributed by atoms with Crippen molar-refractivity contribution in [2.75, 3.05) is 0 Å². The third-order valence-corrected chi connectivity index (χ3v) is 4.43. The largest absolute Gasteiger partial charge is 0.0776 e. The van der Waals surface area contributed by atoms with Gasteiger partial charge in [-0.3, -0.25) is 0 Å². The maximum absolute atomic E-state index is 2.42. The van der Waals surface area contributed by atoms with Crippen molar-refractivity contribution in [2.24, 2.45) is 5.41 Å². The molecule has 0 aromatic heterocycles. The monoisotopic (exact) mass is 248 g/mol. The van der Waals surface area contributed by atoms with Crippen LogP contribution in [0.5, 0.6) is 0 Å². The van der Waals surface area contributed by atoms with Crippen LogP contribution in [0.4, 0.5) is 0 Å². The Labute approximate surface area is 115 Å². The van der Waals surface area contributed by atoms with Crippen LogP contribution in [-0.4, -0.2) is 0 Å². The van der Waals surface area contributed by atoms with Gasteiger partial charge in [-0.2, -0.15) is 0 Å². The van der Waals surface area contributed by atoms with Gasteiger partial charge < -0.3 is 0 Å². The lowest BCUT2D eigenvalue weighted by Gasteiger charge is -2.32. The Morgan fingerprint density at radius 3 is 2.28 bits per heavy atom. The van der Waals surface area contributed by atoms with Crippen molar-refractivity contribution >= 4 is 0 Å². The fraction of sp³-hybridized carbons (Fsp3) is 0.667. The predicted molar refractivity (Wildman–Crippen MR) is 84.3 cm³/mol. The molecule has 0 saturated carbocycles. The van der Waals surface area contributed by atoms with Gasteiger partial charge in [-0.15, -0.1) is 0 Å². The van der Waals surface area contributed by atoms with Crippen molar-refractivity contribution in [2.45, 2.75) is 73.6 Å². The van der Waals surface area contributed by atoms with Crippen molar-refractivity contribution in [3.8, 4) is 0 Å². The summed E-state index contributed by atoms with van der Waals surface area (Å²) in [5.41, 5.74) is 3.76. The number of rotatable bonds is 3. The lowest BCUT2D eigenvalue weighted by molar-refractivity contribution is 0.220. The predicted octanol–water partition coefficient (Wildman–Crippen LogP) is 6.21. The lowest BCUT2D eigenvalue weighted by atomic mass is 9.72. The molecule has 0 bridgehead atoms. The maximum Gasteiger partial charge on any atom is -0.0128 e. The zero-order valence-electron chi connectivity index (χ0n) is 12.2. The zero-order valence-corrected chi connectivity index (χ0v) is 12.2. The summed E-state index contributed by atoms with van der Waals surface area (Å²) in [6.45, 7) is 11.1. The van der Waals surface area contributed by atoms with E-state index in [1.807, 2.05) is 13.8 Å². The first-order valence-corrected chi connectivity index (χ1v) is 7.31. The standard InChI is InChI=1S/C15H22.C2H6.CH4/c1-4-10-15(5-2)11-13-8-6-7-9-14(13)12(15)3;1-2;/h6-9,12H,4-5,10-11H2,1-3H3;1-2H3;1H4. The summed E-state index contributed by atoms with van der Waals surface area (Å²) < 4.78 is 0. The van der Waals surface area contributed by atoms with Crippen LogP contribution >= 0.6 is 0 Å². The van der Waals surface area contributed by atoms with Crippen molar-refractivity contribution in [1.82, 2.24) is 0 Å². The summed E-state index contributed by atoms with van der Waals surface area (Å²) >= 11 is 0. The van der Waals surface area contributed by atoms with Gasteiger partial charge in [0.2, 0.25) is 0 Å². The molecule has 0 N–H and O–H groups in total. The highest BCUT2D eigenvalue weighted by Gasteiger charge is 2.40. The fourth-order valence-corrected chi connectivity index (χ4v) is 3.39. The quantitative estimate of drug-likeness (QED) is 0.597. The lowest BCUT2D eigenvalue weighted by Crippen LogP contribution is -2.23. The average molecular weight is 248 g/mol. The number of hydrogen-bond acceptors (Lipinski definition) is 0. The van der Waals surface area contributed by atoms with Crippen LogP contribution in [0.15, 0.2) is 24.3 Å². The first-order valence-electron chi connectivity index (χ1n) is 7.31. The molecule has 1 aliphatic carbocycles. The van der Waals surface area contributed by atoms with Gasteiger partial charge >= 0.3 is 0 Å². The number of hydrogen-bond donors (Lipinski definition) is 0. The highest BCUT2D eigenvalue weighted by molar-refractivity contribution is 5.38. The van der Waals surface area contributed by atoms with Gasteiger partial charge in [-0.25, -0.2) is 0 Å². The van der Waals surface area contributed by atoms with Gasteiger partial charge in [-0.05, 0) is 41.7 Å². The zero-order chi connectivity index (χ0) is 12.9. The summed E-state index contributed by atoms with van der Waals surface area (Å²) in [5.74, 6) is 0.749. The highest BCUT2D eigenvalue weighted by Crippen LogP contribution is 2.51. The van der Waals surface area contributed by atoms with Gasteiger partial charge in [0.25, 0.3) is 0 Å². The second-order valence-electron chi connectivity index (χ2n) is 5.06. The van der Waals surface area contributed by atoms with E-state index in [1.54, 1.807) is 11.1 Å². The van der Waals surface area contributed by atoms with E-state index in [4.69, 9.17) is 0 Å². The minimum atomic E-state index is 0. The molecule has 2 atom stereocenters. The molecule has 0 aliphatic heterocycles. The van der Waals surface area contributed by atoms with Crippen LogP contribution in [0.1, 0.15) is 78.4 Å².